The van der Waals surface area contributed by atoms with Gasteiger partial charge in [0.15, 0.2) is 23.2 Å². The molecule has 0 saturated carbocycles. The lowest BCUT2D eigenvalue weighted by Crippen LogP contribution is -2.17. The van der Waals surface area contributed by atoms with Gasteiger partial charge in [-0.05, 0) is 19.3 Å². The lowest BCUT2D eigenvalue weighted by molar-refractivity contribution is 0.101. The molecule has 4 nitrogen and oxygen atoms in total. The predicted octanol–water partition coefficient (Wildman–Crippen LogP) is 3.95. The van der Waals surface area contributed by atoms with E-state index in [-0.39, 0.29) is 17.6 Å². The minimum atomic E-state index is -1.52. The Bertz CT molecular complexity index is 683. The van der Waals surface area contributed by atoms with Crippen molar-refractivity contribution in [3.63, 3.8) is 0 Å². The van der Waals surface area contributed by atoms with Crippen molar-refractivity contribution in [3.8, 4) is 5.75 Å². The van der Waals surface area contributed by atoms with Crippen molar-refractivity contribution in [2.75, 3.05) is 0 Å². The first kappa shape index (κ1) is 17.4. The number of ether oxygens (including phenoxy) is 1. The molecule has 0 N–H and O–H groups in total. The zero-order valence-electron chi connectivity index (χ0n) is 12.6. The van der Waals surface area contributed by atoms with Crippen LogP contribution in [-0.2, 0) is 6.42 Å². The Balaban J connectivity index is 2.03. The molecule has 1 aromatic carbocycles. The number of benzene rings is 1. The number of carbonyl (C=O) groups excluding carboxylic acids is 1. The molecule has 0 spiro atoms. The summed E-state index contributed by atoms with van der Waals surface area (Å²) in [5.74, 6) is -4.35. The van der Waals surface area contributed by atoms with Crippen LogP contribution in [0.1, 0.15) is 42.9 Å². The molecule has 0 saturated heterocycles. The molecule has 0 bridgehead atoms. The first-order valence-electron chi connectivity index (χ1n) is 7.06. The standard InChI is InChI=1S/C15H15F3N2O2S/c1-3-9(4-5-13-15(8(2)21)20-23-19-13)22-10-6-11(16)14(18)12(17)7-10/h6-7,9H,3-5H2,1-2H3. The van der Waals surface area contributed by atoms with Gasteiger partial charge in [0, 0.05) is 19.1 Å². The van der Waals surface area contributed by atoms with Gasteiger partial charge in [-0.3, -0.25) is 4.79 Å². The summed E-state index contributed by atoms with van der Waals surface area (Å²) >= 11 is 0.961. The quantitative estimate of drug-likeness (QED) is 0.564. The van der Waals surface area contributed by atoms with Gasteiger partial charge in [-0.25, -0.2) is 13.2 Å². The highest BCUT2D eigenvalue weighted by atomic mass is 32.1. The summed E-state index contributed by atoms with van der Waals surface area (Å²) in [6, 6.07) is 1.62. The second-order valence-electron chi connectivity index (χ2n) is 5.00. The van der Waals surface area contributed by atoms with Gasteiger partial charge in [-0.2, -0.15) is 8.75 Å². The molecular weight excluding hydrogens is 329 g/mol. The molecule has 2 aromatic rings. The maximum Gasteiger partial charge on any atom is 0.194 e. The first-order valence-corrected chi connectivity index (χ1v) is 7.79. The largest absolute Gasteiger partial charge is 0.490 e. The molecule has 1 aromatic heterocycles. The Kier molecular flexibility index (Phi) is 5.70. The molecule has 1 unspecified atom stereocenters. The number of aryl methyl sites for hydroxylation is 1. The second-order valence-corrected chi connectivity index (χ2v) is 5.53. The molecule has 1 atom stereocenters. The van der Waals surface area contributed by atoms with Gasteiger partial charge in [-0.1, -0.05) is 6.92 Å². The van der Waals surface area contributed by atoms with Crippen molar-refractivity contribution in [3.05, 3.63) is 41.0 Å². The molecule has 0 amide bonds. The highest BCUT2D eigenvalue weighted by Crippen LogP contribution is 2.22. The third-order valence-electron chi connectivity index (χ3n) is 3.31. The van der Waals surface area contributed by atoms with Gasteiger partial charge in [0.2, 0.25) is 0 Å². The number of Topliss-reactive ketones (excluding diaryl/α,β-unsaturated/α-hetero) is 1. The van der Waals surface area contributed by atoms with Crippen LogP contribution in [-0.4, -0.2) is 20.6 Å². The Labute approximate surface area is 135 Å². The van der Waals surface area contributed by atoms with Gasteiger partial charge in [0.05, 0.1) is 23.5 Å². The average Bonchev–Trinajstić information content (AvgIpc) is 2.97. The third kappa shape index (κ3) is 4.28. The number of nitrogens with zero attached hydrogens (tertiary/aromatic N) is 2. The van der Waals surface area contributed by atoms with E-state index in [1.165, 1.54) is 6.92 Å². The highest BCUT2D eigenvalue weighted by molar-refractivity contribution is 6.99. The zero-order chi connectivity index (χ0) is 17.0. The van der Waals surface area contributed by atoms with Crippen LogP contribution in [0.2, 0.25) is 0 Å². The number of ketones is 1. The van der Waals surface area contributed by atoms with Crippen molar-refractivity contribution in [1.82, 2.24) is 8.75 Å². The monoisotopic (exact) mass is 344 g/mol. The van der Waals surface area contributed by atoms with Crippen LogP contribution >= 0.6 is 11.7 Å². The normalized spacial score (nSPS) is 12.2. The second kappa shape index (κ2) is 7.54. The van der Waals surface area contributed by atoms with Gasteiger partial charge in [0.25, 0.3) is 0 Å². The van der Waals surface area contributed by atoms with Gasteiger partial charge < -0.3 is 4.74 Å². The van der Waals surface area contributed by atoms with Crippen molar-refractivity contribution in [1.29, 1.82) is 0 Å². The van der Waals surface area contributed by atoms with Crippen LogP contribution in [0.4, 0.5) is 13.2 Å². The molecule has 0 fully saturated rings. The molecule has 0 aliphatic rings. The van der Waals surface area contributed by atoms with Crippen LogP contribution < -0.4 is 4.74 Å². The summed E-state index contributed by atoms with van der Waals surface area (Å²) in [5.41, 5.74) is 0.921. The highest BCUT2D eigenvalue weighted by Gasteiger charge is 2.17. The Morgan fingerprint density at radius 2 is 1.91 bits per heavy atom. The Morgan fingerprint density at radius 3 is 2.48 bits per heavy atom. The number of hydrogen-bond acceptors (Lipinski definition) is 5. The number of rotatable bonds is 7. The van der Waals surface area contributed by atoms with E-state index >= 15 is 0 Å². The Hall–Kier alpha value is -1.96. The summed E-state index contributed by atoms with van der Waals surface area (Å²) < 4.78 is 52.8. The lowest BCUT2D eigenvalue weighted by atomic mass is 10.1. The van der Waals surface area contributed by atoms with E-state index in [2.05, 4.69) is 8.75 Å². The average molecular weight is 344 g/mol. The van der Waals surface area contributed by atoms with Gasteiger partial charge in [0.1, 0.15) is 11.4 Å². The topological polar surface area (TPSA) is 52.1 Å². The molecule has 0 aliphatic heterocycles. The summed E-state index contributed by atoms with van der Waals surface area (Å²) in [7, 11) is 0. The molecule has 124 valence electrons. The molecule has 1 heterocycles. The van der Waals surface area contributed by atoms with Gasteiger partial charge in [-0.15, -0.1) is 0 Å². The van der Waals surface area contributed by atoms with Crippen LogP contribution in [0.5, 0.6) is 5.75 Å². The van der Waals surface area contributed by atoms with E-state index in [9.17, 15) is 18.0 Å². The Morgan fingerprint density at radius 1 is 1.26 bits per heavy atom. The van der Waals surface area contributed by atoms with E-state index in [0.29, 0.717) is 30.7 Å². The van der Waals surface area contributed by atoms with Crippen molar-refractivity contribution < 1.29 is 22.7 Å². The van der Waals surface area contributed by atoms with E-state index in [1.54, 1.807) is 0 Å². The maximum atomic E-state index is 13.2. The molecule has 0 radical (unpaired) electrons. The van der Waals surface area contributed by atoms with Crippen LogP contribution in [0.3, 0.4) is 0 Å². The number of carbonyl (C=O) groups is 1. The summed E-state index contributed by atoms with van der Waals surface area (Å²) in [6.45, 7) is 3.27. The fourth-order valence-electron chi connectivity index (χ4n) is 2.07. The van der Waals surface area contributed by atoms with Gasteiger partial charge >= 0.3 is 0 Å². The molecule has 23 heavy (non-hydrogen) atoms. The third-order valence-corrected chi connectivity index (χ3v) is 3.87. The molecule has 8 heteroatoms. The van der Waals surface area contributed by atoms with E-state index in [1.807, 2.05) is 6.92 Å². The van der Waals surface area contributed by atoms with E-state index in [4.69, 9.17) is 4.74 Å². The van der Waals surface area contributed by atoms with Crippen molar-refractivity contribution >= 4 is 17.5 Å². The number of aromatic nitrogens is 2. The SMILES string of the molecule is CCC(CCc1nsnc1C(C)=O)Oc1cc(F)c(F)c(F)c1. The van der Waals surface area contributed by atoms with E-state index in [0.717, 1.165) is 23.9 Å². The maximum absolute atomic E-state index is 13.2. The molecule has 0 aliphatic carbocycles. The van der Waals surface area contributed by atoms with Crippen LogP contribution in [0, 0.1) is 17.5 Å². The fourth-order valence-corrected chi connectivity index (χ4v) is 2.71. The van der Waals surface area contributed by atoms with Crippen molar-refractivity contribution in [2.45, 2.75) is 39.2 Å². The minimum absolute atomic E-state index is 0.0727. The van der Waals surface area contributed by atoms with E-state index < -0.39 is 17.5 Å². The van der Waals surface area contributed by atoms with Crippen LogP contribution in [0.15, 0.2) is 12.1 Å². The first-order chi connectivity index (χ1) is 10.9. The fraction of sp³-hybridized carbons (Fsp3) is 0.400. The predicted molar refractivity (Wildman–Crippen MR) is 79.3 cm³/mol. The number of halogens is 3. The summed E-state index contributed by atoms with van der Waals surface area (Å²) in [5, 5.41) is 0. The van der Waals surface area contributed by atoms with Crippen molar-refractivity contribution in [2.24, 2.45) is 0 Å². The zero-order valence-corrected chi connectivity index (χ0v) is 13.4. The summed E-state index contributed by atoms with van der Waals surface area (Å²) in [4.78, 5) is 11.4. The number of hydrogen-bond donors (Lipinski definition) is 0. The smallest absolute Gasteiger partial charge is 0.194 e. The minimum Gasteiger partial charge on any atom is -0.490 e. The summed E-state index contributed by atoms with van der Waals surface area (Å²) in [6.07, 6.45) is 1.17. The molecule has 2 rings (SSSR count). The molecular formula is C15H15F3N2O2S. The van der Waals surface area contributed by atoms with Crippen LogP contribution in [0.25, 0.3) is 0 Å². The lowest BCUT2D eigenvalue weighted by Gasteiger charge is -2.17.